The number of piperidine rings is 1. The van der Waals surface area contributed by atoms with Crippen LogP contribution in [-0.4, -0.2) is 53.6 Å². The molecule has 2 aromatic rings. The Kier molecular flexibility index (Phi) is 6.15. The lowest BCUT2D eigenvalue weighted by molar-refractivity contribution is -0.135. The van der Waals surface area contributed by atoms with Gasteiger partial charge in [-0.3, -0.25) is 4.79 Å². The first-order valence-corrected chi connectivity index (χ1v) is 11.3. The van der Waals surface area contributed by atoms with Crippen molar-refractivity contribution in [2.45, 2.75) is 31.2 Å². The molecule has 3 rings (SSSR count). The molecule has 1 aliphatic rings. The fourth-order valence-electron chi connectivity index (χ4n) is 3.11. The van der Waals surface area contributed by atoms with Crippen molar-refractivity contribution in [3.05, 3.63) is 39.6 Å². The lowest BCUT2D eigenvalue weighted by Gasteiger charge is -2.32. The number of pyridine rings is 1. The Morgan fingerprint density at radius 3 is 2.70 bits per heavy atom. The van der Waals surface area contributed by atoms with Gasteiger partial charge < -0.3 is 4.90 Å². The summed E-state index contributed by atoms with van der Waals surface area (Å²) >= 11 is 7.48. The molecule has 0 spiro atoms. The first-order chi connectivity index (χ1) is 12.8. The van der Waals surface area contributed by atoms with Crippen LogP contribution in [0.1, 0.15) is 23.5 Å². The van der Waals surface area contributed by atoms with Crippen molar-refractivity contribution in [3.63, 3.8) is 0 Å². The van der Waals surface area contributed by atoms with Crippen molar-refractivity contribution >= 4 is 38.9 Å². The van der Waals surface area contributed by atoms with Crippen LogP contribution in [0.2, 0.25) is 5.15 Å². The van der Waals surface area contributed by atoms with Gasteiger partial charge in [0.15, 0.2) is 0 Å². The van der Waals surface area contributed by atoms with Crippen LogP contribution < -0.4 is 0 Å². The van der Waals surface area contributed by atoms with Gasteiger partial charge in [0.25, 0.3) is 0 Å². The number of rotatable bonds is 5. The Labute approximate surface area is 168 Å². The molecule has 1 amide bonds. The van der Waals surface area contributed by atoms with Crippen molar-refractivity contribution in [2.24, 2.45) is 5.92 Å². The highest BCUT2D eigenvalue weighted by Crippen LogP contribution is 2.28. The number of sulfonamides is 1. The molecular formula is C17H21ClN4O3S2. The van der Waals surface area contributed by atoms with E-state index in [1.165, 1.54) is 27.9 Å². The molecule has 0 aliphatic carbocycles. The van der Waals surface area contributed by atoms with Crippen molar-refractivity contribution in [3.8, 4) is 0 Å². The number of thiazole rings is 1. The molecular weight excluding hydrogens is 408 g/mol. The van der Waals surface area contributed by atoms with Gasteiger partial charge in [0.1, 0.15) is 15.1 Å². The number of nitrogens with zero attached hydrogens (tertiary/aromatic N) is 4. The molecule has 1 aliphatic heterocycles. The highest BCUT2D eigenvalue weighted by molar-refractivity contribution is 7.89. The maximum absolute atomic E-state index is 12.8. The predicted octanol–water partition coefficient (Wildman–Crippen LogP) is 2.56. The summed E-state index contributed by atoms with van der Waals surface area (Å²) in [4.78, 5) is 22.6. The maximum atomic E-state index is 12.8. The molecule has 10 heteroatoms. The molecule has 146 valence electrons. The Balaban J connectivity index is 1.61. The Morgan fingerprint density at radius 1 is 1.41 bits per heavy atom. The molecule has 0 aromatic carbocycles. The van der Waals surface area contributed by atoms with Crippen LogP contribution in [0.5, 0.6) is 0 Å². The standard InChI is InChI=1S/C17H21ClN4O3S2/c1-12-11-26-15(20-12)10-21(2)17(23)13-5-8-22(9-6-13)27(24,25)14-4-3-7-19-16(14)18/h3-4,7,11,13H,5-6,8-10H2,1-2H3. The van der Waals surface area contributed by atoms with Crippen LogP contribution in [-0.2, 0) is 21.4 Å². The molecule has 3 heterocycles. The quantitative estimate of drug-likeness (QED) is 0.683. The van der Waals surface area contributed by atoms with E-state index in [4.69, 9.17) is 11.6 Å². The monoisotopic (exact) mass is 428 g/mol. The van der Waals surface area contributed by atoms with Gasteiger partial charge in [-0.05, 0) is 31.9 Å². The van der Waals surface area contributed by atoms with Gasteiger partial charge in [-0.25, -0.2) is 18.4 Å². The van der Waals surface area contributed by atoms with Crippen LogP contribution in [0.4, 0.5) is 0 Å². The third kappa shape index (κ3) is 4.48. The maximum Gasteiger partial charge on any atom is 0.246 e. The van der Waals surface area contributed by atoms with Gasteiger partial charge >= 0.3 is 0 Å². The Hall–Kier alpha value is -1.55. The number of carbonyl (C=O) groups is 1. The van der Waals surface area contributed by atoms with E-state index in [9.17, 15) is 13.2 Å². The first-order valence-electron chi connectivity index (χ1n) is 8.55. The van der Waals surface area contributed by atoms with Crippen molar-refractivity contribution in [2.75, 3.05) is 20.1 Å². The molecule has 0 N–H and O–H groups in total. The minimum atomic E-state index is -3.70. The van der Waals surface area contributed by atoms with Gasteiger partial charge in [0, 0.05) is 43.3 Å². The zero-order valence-electron chi connectivity index (χ0n) is 15.1. The molecule has 0 saturated carbocycles. The summed E-state index contributed by atoms with van der Waals surface area (Å²) in [7, 11) is -1.94. The summed E-state index contributed by atoms with van der Waals surface area (Å²) in [6.07, 6.45) is 2.42. The van der Waals surface area contributed by atoms with Crippen LogP contribution in [0.15, 0.2) is 28.6 Å². The lowest BCUT2D eigenvalue weighted by atomic mass is 9.97. The number of carbonyl (C=O) groups excluding carboxylic acids is 1. The smallest absolute Gasteiger partial charge is 0.246 e. The fourth-order valence-corrected chi connectivity index (χ4v) is 5.84. The predicted molar refractivity (Wildman–Crippen MR) is 104 cm³/mol. The van der Waals surface area contributed by atoms with Gasteiger partial charge in [-0.2, -0.15) is 4.31 Å². The zero-order chi connectivity index (χ0) is 19.6. The van der Waals surface area contributed by atoms with Gasteiger partial charge in [-0.1, -0.05) is 11.6 Å². The van der Waals surface area contributed by atoms with Crippen LogP contribution in [0.3, 0.4) is 0 Å². The summed E-state index contributed by atoms with van der Waals surface area (Å²) in [6.45, 7) is 2.97. The van der Waals surface area contributed by atoms with E-state index < -0.39 is 10.0 Å². The highest BCUT2D eigenvalue weighted by atomic mass is 35.5. The van der Waals surface area contributed by atoms with E-state index in [1.54, 1.807) is 18.0 Å². The van der Waals surface area contributed by atoms with Crippen LogP contribution in [0, 0.1) is 12.8 Å². The zero-order valence-corrected chi connectivity index (χ0v) is 17.5. The molecule has 0 radical (unpaired) electrons. The summed E-state index contributed by atoms with van der Waals surface area (Å²) in [5.41, 5.74) is 0.948. The average molecular weight is 429 g/mol. The number of amides is 1. The van der Waals surface area contributed by atoms with Gasteiger partial charge in [0.2, 0.25) is 15.9 Å². The second kappa shape index (κ2) is 8.22. The molecule has 1 fully saturated rings. The normalized spacial score (nSPS) is 16.4. The molecule has 27 heavy (non-hydrogen) atoms. The topological polar surface area (TPSA) is 83.5 Å². The van der Waals surface area contributed by atoms with E-state index in [0.717, 1.165) is 10.7 Å². The van der Waals surface area contributed by atoms with Crippen molar-refractivity contribution in [1.82, 2.24) is 19.2 Å². The SMILES string of the molecule is Cc1csc(CN(C)C(=O)C2CCN(S(=O)(=O)c3cccnc3Cl)CC2)n1. The van der Waals surface area contributed by atoms with Gasteiger partial charge in [0.05, 0.1) is 6.54 Å². The van der Waals surface area contributed by atoms with E-state index >= 15 is 0 Å². The largest absolute Gasteiger partial charge is 0.339 e. The molecule has 1 saturated heterocycles. The van der Waals surface area contributed by atoms with Crippen molar-refractivity contribution in [1.29, 1.82) is 0 Å². The third-order valence-electron chi connectivity index (χ3n) is 4.56. The average Bonchev–Trinajstić information content (AvgIpc) is 3.06. The number of hydrogen-bond acceptors (Lipinski definition) is 6. The molecule has 0 atom stereocenters. The summed E-state index contributed by atoms with van der Waals surface area (Å²) in [5.74, 6) is -0.161. The molecule has 2 aromatic heterocycles. The van der Waals surface area contributed by atoms with E-state index in [1.807, 2.05) is 12.3 Å². The highest BCUT2D eigenvalue weighted by Gasteiger charge is 2.34. The molecule has 7 nitrogen and oxygen atoms in total. The van der Waals surface area contributed by atoms with E-state index in [-0.39, 0.29) is 35.0 Å². The minimum absolute atomic E-state index is 0.00713. The second-order valence-corrected chi connectivity index (χ2v) is 9.75. The summed E-state index contributed by atoms with van der Waals surface area (Å²) in [6, 6.07) is 3.00. The minimum Gasteiger partial charge on any atom is -0.339 e. The fraction of sp³-hybridized carbons (Fsp3) is 0.471. The second-order valence-electron chi connectivity index (χ2n) is 6.55. The van der Waals surface area contributed by atoms with Crippen LogP contribution in [0.25, 0.3) is 0 Å². The first kappa shape index (κ1) is 20.2. The number of halogens is 1. The van der Waals surface area contributed by atoms with Gasteiger partial charge in [-0.15, -0.1) is 11.3 Å². The Morgan fingerprint density at radius 2 is 2.11 bits per heavy atom. The molecule has 0 unspecified atom stereocenters. The number of hydrogen-bond donors (Lipinski definition) is 0. The number of aryl methyl sites for hydroxylation is 1. The number of aromatic nitrogens is 2. The third-order valence-corrected chi connectivity index (χ3v) is 7.86. The lowest BCUT2D eigenvalue weighted by Crippen LogP contribution is -2.43. The van der Waals surface area contributed by atoms with Crippen LogP contribution >= 0.6 is 22.9 Å². The summed E-state index contributed by atoms with van der Waals surface area (Å²) in [5, 5.41) is 2.82. The summed E-state index contributed by atoms with van der Waals surface area (Å²) < 4.78 is 26.9. The van der Waals surface area contributed by atoms with E-state index in [2.05, 4.69) is 9.97 Å². The molecule has 0 bridgehead atoms. The van der Waals surface area contributed by atoms with E-state index in [0.29, 0.717) is 19.4 Å². The van der Waals surface area contributed by atoms with Crippen molar-refractivity contribution < 1.29 is 13.2 Å². The Bertz CT molecular complexity index is 924.